The highest BCUT2D eigenvalue weighted by Gasteiger charge is 2.20. The number of nitrogens with two attached hydrogens (primary N) is 1. The first kappa shape index (κ1) is 15.6. The van der Waals surface area contributed by atoms with Gasteiger partial charge in [-0.05, 0) is 55.5 Å². The Bertz CT molecular complexity index is 662. The largest absolute Gasteiger partial charge is 0.497 e. The average Bonchev–Trinajstić information content (AvgIpc) is 2.54. The Labute approximate surface area is 128 Å². The van der Waals surface area contributed by atoms with Gasteiger partial charge in [0.2, 0.25) is 5.78 Å². The van der Waals surface area contributed by atoms with E-state index in [4.69, 9.17) is 15.2 Å². The number of carbonyl (C=O) groups is 2. The Morgan fingerprint density at radius 3 is 2.05 bits per heavy atom. The van der Waals surface area contributed by atoms with Crippen molar-refractivity contribution in [1.82, 2.24) is 0 Å². The van der Waals surface area contributed by atoms with Crippen LogP contribution in [0.1, 0.15) is 27.6 Å². The first-order chi connectivity index (χ1) is 10.5. The summed E-state index contributed by atoms with van der Waals surface area (Å²) in [7, 11) is 1.55. The molecular formula is C17H17NO4. The smallest absolute Gasteiger partial charge is 0.338 e. The molecule has 5 heteroatoms. The number of benzene rings is 2. The van der Waals surface area contributed by atoms with Gasteiger partial charge in [0.1, 0.15) is 5.75 Å². The molecule has 0 radical (unpaired) electrons. The van der Waals surface area contributed by atoms with Gasteiger partial charge in [-0.1, -0.05) is 0 Å². The first-order valence-electron chi connectivity index (χ1n) is 6.76. The highest BCUT2D eigenvalue weighted by molar-refractivity contribution is 6.01. The summed E-state index contributed by atoms with van der Waals surface area (Å²) in [5, 5.41) is 0. The molecule has 0 unspecified atom stereocenters. The van der Waals surface area contributed by atoms with Crippen molar-refractivity contribution in [2.24, 2.45) is 0 Å². The lowest BCUT2D eigenvalue weighted by Crippen LogP contribution is -2.24. The van der Waals surface area contributed by atoms with Crippen LogP contribution in [0.3, 0.4) is 0 Å². The summed E-state index contributed by atoms with van der Waals surface area (Å²) < 4.78 is 10.2. The van der Waals surface area contributed by atoms with Crippen molar-refractivity contribution in [3.63, 3.8) is 0 Å². The molecule has 114 valence electrons. The number of hydrogen-bond donors (Lipinski definition) is 1. The third-order valence-electron chi connectivity index (χ3n) is 3.17. The Hall–Kier alpha value is -2.82. The Morgan fingerprint density at radius 1 is 0.955 bits per heavy atom. The summed E-state index contributed by atoms with van der Waals surface area (Å²) in [6.45, 7) is 1.54. The topological polar surface area (TPSA) is 78.6 Å². The molecule has 2 aromatic rings. The normalized spacial score (nSPS) is 11.5. The highest BCUT2D eigenvalue weighted by atomic mass is 16.5. The van der Waals surface area contributed by atoms with Crippen LogP contribution < -0.4 is 10.5 Å². The van der Waals surface area contributed by atoms with Crippen LogP contribution in [0.25, 0.3) is 0 Å². The lowest BCUT2D eigenvalue weighted by Gasteiger charge is -2.12. The number of hydrogen-bond acceptors (Lipinski definition) is 5. The van der Waals surface area contributed by atoms with Gasteiger partial charge in [0.05, 0.1) is 12.7 Å². The summed E-state index contributed by atoms with van der Waals surface area (Å²) in [6.07, 6.45) is -0.876. The quantitative estimate of drug-likeness (QED) is 0.521. The van der Waals surface area contributed by atoms with Crippen LogP contribution in [-0.4, -0.2) is 25.0 Å². The molecule has 1 atom stereocenters. The lowest BCUT2D eigenvalue weighted by atomic mass is 10.1. The van der Waals surface area contributed by atoms with Crippen molar-refractivity contribution in [1.29, 1.82) is 0 Å². The predicted octanol–water partition coefficient (Wildman–Crippen LogP) is 2.71. The molecule has 0 saturated carbocycles. The molecule has 0 amide bonds. The zero-order valence-electron chi connectivity index (χ0n) is 12.4. The van der Waals surface area contributed by atoms with E-state index in [9.17, 15) is 9.59 Å². The number of ketones is 1. The van der Waals surface area contributed by atoms with Crippen molar-refractivity contribution in [3.8, 4) is 5.75 Å². The lowest BCUT2D eigenvalue weighted by molar-refractivity contribution is 0.0319. The van der Waals surface area contributed by atoms with Crippen LogP contribution in [0.2, 0.25) is 0 Å². The Balaban J connectivity index is 2.03. The van der Waals surface area contributed by atoms with Crippen LogP contribution in [0.5, 0.6) is 5.75 Å². The first-order valence-corrected chi connectivity index (χ1v) is 6.76. The number of carbonyl (C=O) groups excluding carboxylic acids is 2. The number of ether oxygens (including phenoxy) is 2. The average molecular weight is 299 g/mol. The zero-order valence-corrected chi connectivity index (χ0v) is 12.4. The fourth-order valence-electron chi connectivity index (χ4n) is 1.89. The van der Waals surface area contributed by atoms with Crippen LogP contribution in [0.15, 0.2) is 48.5 Å². The SMILES string of the molecule is COc1ccc(C(=O)[C@H](C)OC(=O)c2ccc(N)cc2)cc1. The van der Waals surface area contributed by atoms with Crippen molar-refractivity contribution >= 4 is 17.4 Å². The van der Waals surface area contributed by atoms with E-state index < -0.39 is 12.1 Å². The summed E-state index contributed by atoms with van der Waals surface area (Å²) in [5.41, 5.74) is 6.92. The number of rotatable bonds is 5. The number of nitrogen functional groups attached to an aromatic ring is 1. The van der Waals surface area contributed by atoms with Crippen molar-refractivity contribution < 1.29 is 19.1 Å². The van der Waals surface area contributed by atoms with Crippen LogP contribution in [0.4, 0.5) is 5.69 Å². The van der Waals surface area contributed by atoms with Gasteiger partial charge in [0.15, 0.2) is 6.10 Å². The van der Waals surface area contributed by atoms with Gasteiger partial charge >= 0.3 is 5.97 Å². The second kappa shape index (κ2) is 6.76. The maximum Gasteiger partial charge on any atom is 0.338 e. The number of esters is 1. The minimum absolute atomic E-state index is 0.272. The Morgan fingerprint density at radius 2 is 1.50 bits per heavy atom. The van der Waals surface area contributed by atoms with Gasteiger partial charge in [-0.15, -0.1) is 0 Å². The molecule has 2 rings (SSSR count). The molecule has 0 aromatic heterocycles. The van der Waals surface area contributed by atoms with Gasteiger partial charge in [-0.3, -0.25) is 4.79 Å². The number of methoxy groups -OCH3 is 1. The number of Topliss-reactive ketones (excluding diaryl/α,β-unsaturated/α-hetero) is 1. The zero-order chi connectivity index (χ0) is 16.1. The van der Waals surface area contributed by atoms with E-state index in [1.165, 1.54) is 0 Å². The third kappa shape index (κ3) is 3.63. The third-order valence-corrected chi connectivity index (χ3v) is 3.17. The summed E-state index contributed by atoms with van der Waals surface area (Å²) in [4.78, 5) is 24.2. The van der Waals surface area contributed by atoms with Crippen LogP contribution >= 0.6 is 0 Å². The van der Waals surface area contributed by atoms with E-state index in [2.05, 4.69) is 0 Å². The van der Waals surface area contributed by atoms with Gasteiger partial charge in [0, 0.05) is 11.3 Å². The minimum Gasteiger partial charge on any atom is -0.497 e. The highest BCUT2D eigenvalue weighted by Crippen LogP contribution is 2.15. The second-order valence-corrected chi connectivity index (χ2v) is 4.76. The summed E-state index contributed by atoms with van der Waals surface area (Å²) >= 11 is 0. The maximum absolute atomic E-state index is 12.2. The number of anilines is 1. The van der Waals surface area contributed by atoms with Crippen molar-refractivity contribution in [3.05, 3.63) is 59.7 Å². The molecule has 0 spiro atoms. The van der Waals surface area contributed by atoms with E-state index in [1.54, 1.807) is 62.6 Å². The van der Waals surface area contributed by atoms with Crippen LogP contribution in [-0.2, 0) is 4.74 Å². The standard InChI is InChI=1S/C17H17NO4/c1-11(16(19)12-5-9-15(21-2)10-6-12)22-17(20)13-3-7-14(18)8-4-13/h3-11H,18H2,1-2H3/t11-/m0/s1. The van der Waals surface area contributed by atoms with E-state index in [0.29, 0.717) is 22.6 Å². The van der Waals surface area contributed by atoms with E-state index in [0.717, 1.165) is 0 Å². The van der Waals surface area contributed by atoms with E-state index in [1.807, 2.05) is 0 Å². The monoisotopic (exact) mass is 299 g/mol. The molecule has 0 aliphatic heterocycles. The molecule has 2 N–H and O–H groups in total. The molecule has 0 saturated heterocycles. The minimum atomic E-state index is -0.876. The summed E-state index contributed by atoms with van der Waals surface area (Å²) in [6, 6.07) is 13.0. The molecular weight excluding hydrogens is 282 g/mol. The molecule has 0 fully saturated rings. The van der Waals surface area contributed by atoms with Crippen LogP contribution in [0, 0.1) is 0 Å². The van der Waals surface area contributed by atoms with Crippen molar-refractivity contribution in [2.75, 3.05) is 12.8 Å². The van der Waals surface area contributed by atoms with Gasteiger partial charge in [-0.2, -0.15) is 0 Å². The maximum atomic E-state index is 12.2. The fraction of sp³-hybridized carbons (Fsp3) is 0.176. The Kier molecular flexibility index (Phi) is 4.78. The molecule has 0 bridgehead atoms. The van der Waals surface area contributed by atoms with Gasteiger partial charge < -0.3 is 15.2 Å². The molecule has 2 aromatic carbocycles. The predicted molar refractivity (Wildman–Crippen MR) is 83.1 cm³/mol. The fourth-order valence-corrected chi connectivity index (χ4v) is 1.89. The molecule has 0 aliphatic rings. The molecule has 0 heterocycles. The molecule has 0 aliphatic carbocycles. The van der Waals surface area contributed by atoms with Gasteiger partial charge in [-0.25, -0.2) is 4.79 Å². The molecule has 5 nitrogen and oxygen atoms in total. The van der Waals surface area contributed by atoms with Crippen molar-refractivity contribution in [2.45, 2.75) is 13.0 Å². The van der Waals surface area contributed by atoms with E-state index >= 15 is 0 Å². The summed E-state index contributed by atoms with van der Waals surface area (Å²) in [5.74, 6) is -0.177. The second-order valence-electron chi connectivity index (χ2n) is 4.76. The van der Waals surface area contributed by atoms with E-state index in [-0.39, 0.29) is 5.78 Å². The molecule has 22 heavy (non-hydrogen) atoms. The van der Waals surface area contributed by atoms with Gasteiger partial charge in [0.25, 0.3) is 0 Å².